The number of fused-ring (bicyclic) bond motifs is 9. The van der Waals surface area contributed by atoms with Crippen molar-refractivity contribution in [2.75, 3.05) is 14.2 Å². The summed E-state index contributed by atoms with van der Waals surface area (Å²) in [6, 6.07) is 48.0. The van der Waals surface area contributed by atoms with Gasteiger partial charge in [0.05, 0.1) is 61.5 Å². The van der Waals surface area contributed by atoms with E-state index in [0.717, 1.165) is 47.8 Å². The van der Waals surface area contributed by atoms with E-state index < -0.39 is 86.0 Å². The Morgan fingerprint density at radius 1 is 0.422 bits per heavy atom. The van der Waals surface area contributed by atoms with E-state index in [1.54, 1.807) is 104 Å². The van der Waals surface area contributed by atoms with Crippen molar-refractivity contribution in [1.82, 2.24) is 13.7 Å². The fourth-order valence-corrected chi connectivity index (χ4v) is 14.7. The van der Waals surface area contributed by atoms with Crippen LogP contribution in [-0.4, -0.2) is 49.2 Å². The van der Waals surface area contributed by atoms with E-state index in [2.05, 4.69) is 4.74 Å². The lowest BCUT2D eigenvalue weighted by Gasteiger charge is -2.14. The lowest BCUT2D eigenvalue weighted by atomic mass is 10.1. The monoisotopic (exact) mass is 1590 g/mol. The minimum Gasteiger partial charge on any atom is -0.505 e. The highest BCUT2D eigenvalue weighted by Gasteiger charge is 2.31. The molecule has 550 valence electrons. The number of pyridine rings is 3. The molecule has 9 aromatic carbocycles. The van der Waals surface area contributed by atoms with Crippen molar-refractivity contribution in [3.8, 4) is 23.0 Å². The third-order valence-corrected chi connectivity index (χ3v) is 20.9. The molecular weight excluding hydrogens is 1550 g/mol. The number of aromatic hydroxyl groups is 3. The van der Waals surface area contributed by atoms with E-state index >= 15 is 0 Å². The Labute approximate surface area is 635 Å². The number of nitrogens with zero attached hydrogens (tertiary/aromatic N) is 3. The highest BCUT2D eigenvalue weighted by atomic mass is 35.5. The molecule has 0 radical (unpaired) electrons. The van der Waals surface area contributed by atoms with Gasteiger partial charge in [-0.15, -0.1) is 0 Å². The van der Waals surface area contributed by atoms with Crippen LogP contribution in [0.2, 0.25) is 15.1 Å². The summed E-state index contributed by atoms with van der Waals surface area (Å²) in [6.45, 7) is 0.138. The van der Waals surface area contributed by atoms with Crippen LogP contribution in [0.1, 0.15) is 32.6 Å². The van der Waals surface area contributed by atoms with Gasteiger partial charge >= 0.3 is 29.0 Å². The van der Waals surface area contributed by atoms with Crippen molar-refractivity contribution in [2.45, 2.75) is 55.2 Å². The molecule has 0 unspecified atom stereocenters. The summed E-state index contributed by atoms with van der Waals surface area (Å²) in [4.78, 5) is 92.0. The molecule has 6 heterocycles. The Kier molecular flexibility index (Phi) is 21.7. The SMILES string of the molecule is COC(=O)c1ccc(Sc2c(O)c3c(=O)n(Cc4ccc(F)cc4)c4cc(Cl)ccc4c3oc2=O)cc1.COc1ccc(Sc2c(O)c3c(=O)n(Cc4ccc(F)cc4)c4cc(Cl)ccc4c3oc2=O)cc1.O=c1oc2c(c(O)c1Sc1ccc(C(F)(F)F)cc1)c(=O)n(Cc1ccc(F)cc1)c1cc(Cl)ccc21. The van der Waals surface area contributed by atoms with Gasteiger partial charge in [-0.25, -0.2) is 32.3 Å². The smallest absolute Gasteiger partial charge is 0.416 e. The van der Waals surface area contributed by atoms with Crippen LogP contribution in [0.3, 0.4) is 0 Å². The number of carbonyl (C=O) groups is 1. The number of esters is 1. The lowest BCUT2D eigenvalue weighted by Crippen LogP contribution is -2.23. The molecule has 0 atom stereocenters. The maximum absolute atomic E-state index is 13.7. The standard InChI is InChI=1S/C27H17ClFNO6S.C26H14ClF4NO4S.C26H17ClFNO5S/c1-35-26(33)15-4-9-18(10-5-15)37-24-22(31)21-23(36-27(24)34)19-11-6-16(28)12-20(19)30(25(21)32)13-14-2-7-17(29)8-3-14;27-15-5-10-18-19(11-15)32(12-13-1-6-16(28)7-2-13)24(34)20-21(33)23(25(35)36-22(18)20)37-17-8-3-14(4-9-17)26(29,30)31;1-33-17-7-9-18(10-8-17)35-24-22(30)21-23(34-26(24)32)19-11-4-15(27)12-20(19)29(25(21)31)13-14-2-5-16(28)6-3-14/h2-12,31H,13H2,1H3;1-11,33H,12H2;2-12,30H,13H2,1H3. The molecule has 0 spiro atoms. The van der Waals surface area contributed by atoms with Crippen LogP contribution in [0.15, 0.2) is 272 Å². The Hall–Kier alpha value is -11.6. The molecule has 109 heavy (non-hydrogen) atoms. The van der Waals surface area contributed by atoms with E-state index in [-0.39, 0.29) is 72.1 Å². The van der Waals surface area contributed by atoms with Gasteiger partial charge in [-0.3, -0.25) is 14.4 Å². The van der Waals surface area contributed by atoms with Crippen LogP contribution < -0.4 is 38.3 Å². The molecule has 0 bridgehead atoms. The molecular formula is C79H48Cl3F6N3O15S3. The van der Waals surface area contributed by atoms with Crippen molar-refractivity contribution < 1.29 is 69.2 Å². The Balaban J connectivity index is 0.000000144. The molecule has 18 nitrogen and oxygen atoms in total. The first-order chi connectivity index (χ1) is 52.1. The largest absolute Gasteiger partial charge is 0.505 e. The van der Waals surface area contributed by atoms with Crippen LogP contribution in [0.25, 0.3) is 65.6 Å². The molecule has 15 rings (SSSR count). The van der Waals surface area contributed by atoms with E-state index in [1.807, 2.05) is 0 Å². The van der Waals surface area contributed by atoms with Crippen LogP contribution in [0, 0.1) is 17.5 Å². The van der Waals surface area contributed by atoms with E-state index in [0.29, 0.717) is 97.3 Å². The first kappa shape index (κ1) is 75.6. The molecule has 0 fully saturated rings. The fraction of sp³-hybridized carbons (Fsp3) is 0.0759. The summed E-state index contributed by atoms with van der Waals surface area (Å²) in [6.07, 6.45) is -4.53. The quantitative estimate of drug-likeness (QED) is 0.0520. The summed E-state index contributed by atoms with van der Waals surface area (Å²) in [5, 5.41) is 34.9. The summed E-state index contributed by atoms with van der Waals surface area (Å²) in [7, 11) is 2.81. The van der Waals surface area contributed by atoms with Gasteiger partial charge in [0.1, 0.15) is 54.0 Å². The predicted molar refractivity (Wildman–Crippen MR) is 404 cm³/mol. The van der Waals surface area contributed by atoms with Crippen LogP contribution >= 0.6 is 70.1 Å². The van der Waals surface area contributed by atoms with Crippen molar-refractivity contribution >= 4 is 142 Å². The van der Waals surface area contributed by atoms with Gasteiger partial charge in [0.25, 0.3) is 16.7 Å². The molecule has 0 saturated carbocycles. The number of ether oxygens (including phenoxy) is 2. The average Bonchev–Trinajstić information content (AvgIpc) is 0.746. The number of benzene rings is 9. The molecule has 3 N–H and O–H groups in total. The topological polar surface area (TPSA) is 253 Å². The van der Waals surface area contributed by atoms with E-state index in [4.69, 9.17) is 52.8 Å². The van der Waals surface area contributed by atoms with Gasteiger partial charge in [0.2, 0.25) is 0 Å². The van der Waals surface area contributed by atoms with Gasteiger partial charge < -0.3 is 51.7 Å². The van der Waals surface area contributed by atoms with Gasteiger partial charge in [-0.05, 0) is 180 Å². The van der Waals surface area contributed by atoms with Crippen molar-refractivity contribution in [2.24, 2.45) is 0 Å². The van der Waals surface area contributed by atoms with Gasteiger partial charge in [0, 0.05) is 45.9 Å². The normalized spacial score (nSPS) is 11.5. The van der Waals surface area contributed by atoms with Crippen LogP contribution in [0.4, 0.5) is 26.3 Å². The first-order valence-corrected chi connectivity index (χ1v) is 35.6. The maximum atomic E-state index is 13.7. The molecule has 0 aliphatic carbocycles. The number of hydrogen-bond acceptors (Lipinski definition) is 18. The van der Waals surface area contributed by atoms with Crippen LogP contribution in [0.5, 0.6) is 23.0 Å². The van der Waals surface area contributed by atoms with E-state index in [9.17, 15) is 75.2 Å². The zero-order chi connectivity index (χ0) is 77.4. The Morgan fingerprint density at radius 3 is 1.00 bits per heavy atom. The van der Waals surface area contributed by atoms with Gasteiger partial charge in [-0.2, -0.15) is 13.2 Å². The summed E-state index contributed by atoms with van der Waals surface area (Å²) in [5.41, 5.74) is -2.28. The third-order valence-electron chi connectivity index (χ3n) is 17.0. The summed E-state index contributed by atoms with van der Waals surface area (Å²) >= 11 is 21.1. The number of carbonyl (C=O) groups excluding carboxylic acids is 1. The average molecular weight is 1600 g/mol. The van der Waals surface area contributed by atoms with Crippen molar-refractivity contribution in [3.63, 3.8) is 0 Å². The van der Waals surface area contributed by atoms with Crippen molar-refractivity contribution in [3.05, 3.63) is 323 Å². The number of hydrogen-bond donors (Lipinski definition) is 3. The second-order valence-corrected chi connectivity index (χ2v) is 28.4. The van der Waals surface area contributed by atoms with E-state index in [1.165, 1.54) is 99.7 Å². The van der Waals surface area contributed by atoms with Crippen molar-refractivity contribution in [1.29, 1.82) is 0 Å². The first-order valence-electron chi connectivity index (χ1n) is 32.0. The highest BCUT2D eigenvalue weighted by molar-refractivity contribution is 8.00. The number of rotatable bonds is 14. The zero-order valence-electron chi connectivity index (χ0n) is 55.9. The number of alkyl halides is 3. The summed E-state index contributed by atoms with van der Waals surface area (Å²) < 4.78 is 109. The second kappa shape index (κ2) is 31.3. The second-order valence-electron chi connectivity index (χ2n) is 23.9. The number of halogens is 9. The minimum atomic E-state index is -4.53. The Morgan fingerprint density at radius 2 is 0.716 bits per heavy atom. The summed E-state index contributed by atoms with van der Waals surface area (Å²) in [5.74, 6) is -2.79. The molecule has 0 amide bonds. The van der Waals surface area contributed by atoms with Gasteiger partial charge in [-0.1, -0.05) is 106 Å². The molecule has 15 aromatic rings. The lowest BCUT2D eigenvalue weighted by molar-refractivity contribution is -0.137. The minimum absolute atomic E-state index is 0.00809. The maximum Gasteiger partial charge on any atom is 0.416 e. The molecule has 0 aliphatic heterocycles. The number of methoxy groups -OCH3 is 2. The molecule has 30 heteroatoms. The zero-order valence-corrected chi connectivity index (χ0v) is 60.6. The third kappa shape index (κ3) is 15.8. The Bertz CT molecular complexity index is 6530. The predicted octanol–water partition coefficient (Wildman–Crippen LogP) is 18.2. The molecule has 6 aromatic heterocycles. The highest BCUT2D eigenvalue weighted by Crippen LogP contribution is 2.43. The fourth-order valence-electron chi connectivity index (χ4n) is 11.7. The van der Waals surface area contributed by atoms with Crippen LogP contribution in [-0.2, 0) is 30.5 Å². The molecule has 0 aliphatic rings. The van der Waals surface area contributed by atoms with Gasteiger partial charge in [0.15, 0.2) is 34.0 Å². The number of aromatic nitrogens is 3. The molecule has 0 saturated heterocycles.